The lowest BCUT2D eigenvalue weighted by Crippen LogP contribution is -2.16. The third kappa shape index (κ3) is 3.18. The van der Waals surface area contributed by atoms with E-state index in [1.54, 1.807) is 18.2 Å². The van der Waals surface area contributed by atoms with Crippen molar-refractivity contribution in [2.45, 2.75) is 20.0 Å². The van der Waals surface area contributed by atoms with Crippen LogP contribution in [0.5, 0.6) is 0 Å². The van der Waals surface area contributed by atoms with Gasteiger partial charge in [0.05, 0.1) is 0 Å². The summed E-state index contributed by atoms with van der Waals surface area (Å²) in [5.41, 5.74) is 0.935. The number of carbonyl (C=O) groups is 2. The lowest BCUT2D eigenvalue weighted by molar-refractivity contribution is -0.114. The molecule has 1 atom stereocenters. The van der Waals surface area contributed by atoms with Crippen LogP contribution in [0.3, 0.4) is 0 Å². The zero-order valence-corrected chi connectivity index (χ0v) is 8.65. The van der Waals surface area contributed by atoms with Crippen LogP contribution < -0.4 is 5.32 Å². The molecule has 0 radical (unpaired) electrons. The molecule has 2 N–H and O–H groups in total. The SMILES string of the molecule is CC(=O)Nc1cccc(C(=O)C(C)O)c1. The molecule has 0 aliphatic heterocycles. The van der Waals surface area contributed by atoms with E-state index in [1.165, 1.54) is 19.9 Å². The number of nitrogens with one attached hydrogen (secondary N) is 1. The minimum atomic E-state index is -1.03. The molecule has 80 valence electrons. The van der Waals surface area contributed by atoms with Gasteiger partial charge >= 0.3 is 0 Å². The van der Waals surface area contributed by atoms with Gasteiger partial charge in [-0.3, -0.25) is 9.59 Å². The van der Waals surface area contributed by atoms with Crippen molar-refractivity contribution in [3.8, 4) is 0 Å². The van der Waals surface area contributed by atoms with Crippen LogP contribution in [-0.4, -0.2) is 22.9 Å². The molecule has 0 bridgehead atoms. The molecule has 0 saturated carbocycles. The molecule has 0 aliphatic carbocycles. The first-order valence-corrected chi connectivity index (χ1v) is 4.60. The molecule has 1 aromatic rings. The molecule has 0 aromatic heterocycles. The Labute approximate surface area is 87.9 Å². The monoisotopic (exact) mass is 207 g/mol. The first-order valence-electron chi connectivity index (χ1n) is 4.60. The minimum Gasteiger partial charge on any atom is -0.385 e. The Hall–Kier alpha value is -1.68. The fourth-order valence-corrected chi connectivity index (χ4v) is 1.19. The maximum absolute atomic E-state index is 11.4. The van der Waals surface area contributed by atoms with Gasteiger partial charge in [0.1, 0.15) is 6.10 Å². The molecule has 0 heterocycles. The van der Waals surface area contributed by atoms with Gasteiger partial charge in [-0.05, 0) is 19.1 Å². The van der Waals surface area contributed by atoms with Gasteiger partial charge in [0.15, 0.2) is 5.78 Å². The summed E-state index contributed by atoms with van der Waals surface area (Å²) >= 11 is 0. The van der Waals surface area contributed by atoms with Gasteiger partial charge in [-0.25, -0.2) is 0 Å². The van der Waals surface area contributed by atoms with Crippen LogP contribution in [0.1, 0.15) is 24.2 Å². The van der Waals surface area contributed by atoms with E-state index in [0.717, 1.165) is 0 Å². The standard InChI is InChI=1S/C11H13NO3/c1-7(13)11(15)9-4-3-5-10(6-9)12-8(2)14/h3-7,13H,1-2H3,(H,12,14). The van der Waals surface area contributed by atoms with Crippen molar-refractivity contribution < 1.29 is 14.7 Å². The highest BCUT2D eigenvalue weighted by Crippen LogP contribution is 2.12. The van der Waals surface area contributed by atoms with Gasteiger partial charge in [-0.15, -0.1) is 0 Å². The number of aliphatic hydroxyl groups is 1. The van der Waals surface area contributed by atoms with Crippen molar-refractivity contribution in [1.82, 2.24) is 0 Å². The lowest BCUT2D eigenvalue weighted by atomic mass is 10.1. The predicted molar refractivity (Wildman–Crippen MR) is 56.8 cm³/mol. The van der Waals surface area contributed by atoms with Crippen LogP contribution in [-0.2, 0) is 4.79 Å². The molecular formula is C11H13NO3. The zero-order chi connectivity index (χ0) is 11.4. The number of ketones is 1. The van der Waals surface area contributed by atoms with Crippen molar-refractivity contribution in [2.24, 2.45) is 0 Å². The highest BCUT2D eigenvalue weighted by atomic mass is 16.3. The molecule has 0 spiro atoms. The van der Waals surface area contributed by atoms with E-state index < -0.39 is 6.10 Å². The number of amides is 1. The summed E-state index contributed by atoms with van der Waals surface area (Å²) in [6, 6.07) is 6.47. The van der Waals surface area contributed by atoms with Gasteiger partial charge in [0, 0.05) is 18.2 Å². The topological polar surface area (TPSA) is 66.4 Å². The average Bonchev–Trinajstić information content (AvgIpc) is 2.16. The highest BCUT2D eigenvalue weighted by molar-refractivity contribution is 6.00. The van der Waals surface area contributed by atoms with E-state index in [0.29, 0.717) is 11.3 Å². The van der Waals surface area contributed by atoms with Crippen LogP contribution in [0.15, 0.2) is 24.3 Å². The number of hydrogen-bond acceptors (Lipinski definition) is 3. The minimum absolute atomic E-state index is 0.198. The number of aliphatic hydroxyl groups excluding tert-OH is 1. The van der Waals surface area contributed by atoms with Gasteiger partial charge in [-0.2, -0.15) is 0 Å². The van der Waals surface area contributed by atoms with Gasteiger partial charge in [-0.1, -0.05) is 12.1 Å². The second-order valence-electron chi connectivity index (χ2n) is 3.30. The summed E-state index contributed by atoms with van der Waals surface area (Å²) < 4.78 is 0. The van der Waals surface area contributed by atoms with E-state index in [2.05, 4.69) is 5.32 Å². The van der Waals surface area contributed by atoms with Crippen molar-refractivity contribution in [3.05, 3.63) is 29.8 Å². The molecule has 0 fully saturated rings. The maximum atomic E-state index is 11.4. The number of carbonyl (C=O) groups excluding carboxylic acids is 2. The summed E-state index contributed by atoms with van der Waals surface area (Å²) in [7, 11) is 0. The van der Waals surface area contributed by atoms with Crippen LogP contribution in [0.4, 0.5) is 5.69 Å². The van der Waals surface area contributed by atoms with E-state index >= 15 is 0 Å². The second kappa shape index (κ2) is 4.70. The Kier molecular flexibility index (Phi) is 3.57. The smallest absolute Gasteiger partial charge is 0.221 e. The Morgan fingerprint density at radius 1 is 1.40 bits per heavy atom. The number of anilines is 1. The molecule has 0 saturated heterocycles. The Morgan fingerprint density at radius 3 is 2.60 bits per heavy atom. The number of rotatable bonds is 3. The van der Waals surface area contributed by atoms with Crippen molar-refractivity contribution in [1.29, 1.82) is 0 Å². The molecule has 15 heavy (non-hydrogen) atoms. The Balaban J connectivity index is 2.92. The number of Topliss-reactive ketones (excluding diaryl/α,β-unsaturated/α-hetero) is 1. The van der Waals surface area contributed by atoms with Crippen LogP contribution >= 0.6 is 0 Å². The van der Waals surface area contributed by atoms with Crippen LogP contribution in [0, 0.1) is 0 Å². The van der Waals surface area contributed by atoms with E-state index in [1.807, 2.05) is 0 Å². The van der Waals surface area contributed by atoms with Gasteiger partial charge in [0.25, 0.3) is 0 Å². The van der Waals surface area contributed by atoms with Crippen molar-refractivity contribution in [2.75, 3.05) is 5.32 Å². The van der Waals surface area contributed by atoms with Gasteiger partial charge < -0.3 is 10.4 Å². The number of benzene rings is 1. The van der Waals surface area contributed by atoms with Gasteiger partial charge in [0.2, 0.25) is 5.91 Å². The molecule has 1 aromatic carbocycles. The summed E-state index contributed by atoms with van der Waals surface area (Å²) in [4.78, 5) is 22.2. The fraction of sp³-hybridized carbons (Fsp3) is 0.273. The van der Waals surface area contributed by atoms with E-state index in [4.69, 9.17) is 5.11 Å². The summed E-state index contributed by atoms with van der Waals surface area (Å²) in [5.74, 6) is -0.557. The molecule has 4 nitrogen and oxygen atoms in total. The normalized spacial score (nSPS) is 11.9. The van der Waals surface area contributed by atoms with Crippen LogP contribution in [0.25, 0.3) is 0 Å². The average molecular weight is 207 g/mol. The van der Waals surface area contributed by atoms with Crippen LogP contribution in [0.2, 0.25) is 0 Å². The predicted octanol–water partition coefficient (Wildman–Crippen LogP) is 1.21. The molecular weight excluding hydrogens is 194 g/mol. The Bertz CT molecular complexity index is 385. The van der Waals surface area contributed by atoms with E-state index in [-0.39, 0.29) is 11.7 Å². The first kappa shape index (κ1) is 11.4. The molecule has 1 rings (SSSR count). The molecule has 1 amide bonds. The summed E-state index contributed by atoms with van der Waals surface area (Å²) in [6.45, 7) is 2.80. The lowest BCUT2D eigenvalue weighted by Gasteiger charge is -2.06. The quantitative estimate of drug-likeness (QED) is 0.732. The third-order valence-corrected chi connectivity index (χ3v) is 1.85. The Morgan fingerprint density at radius 2 is 2.07 bits per heavy atom. The zero-order valence-electron chi connectivity index (χ0n) is 8.65. The molecule has 0 aliphatic rings. The summed E-state index contributed by atoms with van der Waals surface area (Å²) in [5, 5.41) is 11.7. The third-order valence-electron chi connectivity index (χ3n) is 1.85. The second-order valence-corrected chi connectivity index (χ2v) is 3.30. The molecule has 4 heteroatoms. The maximum Gasteiger partial charge on any atom is 0.221 e. The molecule has 1 unspecified atom stereocenters. The summed E-state index contributed by atoms with van der Waals surface area (Å²) in [6.07, 6.45) is -1.03. The van der Waals surface area contributed by atoms with Crippen molar-refractivity contribution >= 4 is 17.4 Å². The first-order chi connectivity index (χ1) is 7.00. The van der Waals surface area contributed by atoms with E-state index in [9.17, 15) is 9.59 Å². The highest BCUT2D eigenvalue weighted by Gasteiger charge is 2.12. The number of hydrogen-bond donors (Lipinski definition) is 2. The van der Waals surface area contributed by atoms with Crippen molar-refractivity contribution in [3.63, 3.8) is 0 Å². The largest absolute Gasteiger partial charge is 0.385 e. The fourth-order valence-electron chi connectivity index (χ4n) is 1.19.